The zero-order valence-corrected chi connectivity index (χ0v) is 16.4. The molecule has 1 saturated heterocycles. The van der Waals surface area contributed by atoms with Gasteiger partial charge in [-0.2, -0.15) is 5.10 Å². The van der Waals surface area contributed by atoms with Crippen LogP contribution in [0.2, 0.25) is 5.02 Å². The van der Waals surface area contributed by atoms with Gasteiger partial charge in [-0.15, -0.1) is 0 Å². The van der Waals surface area contributed by atoms with Crippen LogP contribution < -0.4 is 9.91 Å². The maximum absolute atomic E-state index is 13.3. The van der Waals surface area contributed by atoms with Crippen LogP contribution in [0.25, 0.3) is 0 Å². The Balaban J connectivity index is 1.84. The Morgan fingerprint density at radius 3 is 2.46 bits per heavy atom. The first-order valence-corrected chi connectivity index (χ1v) is 9.27. The van der Waals surface area contributed by atoms with Gasteiger partial charge in [-0.25, -0.2) is 4.90 Å². The SMILES string of the molecule is CC(=O)C1=NN(c2cccc(C)c2)C2C(=O)N(c3cccc(Cl)c3C)C(=O)C12. The zero-order chi connectivity index (χ0) is 20.2. The van der Waals surface area contributed by atoms with Crippen molar-refractivity contribution in [2.75, 3.05) is 9.91 Å². The van der Waals surface area contributed by atoms with E-state index in [1.165, 1.54) is 11.9 Å². The molecular formula is C21H18ClN3O3. The van der Waals surface area contributed by atoms with Gasteiger partial charge in [0.25, 0.3) is 5.91 Å². The van der Waals surface area contributed by atoms with Crippen LogP contribution in [0.3, 0.4) is 0 Å². The van der Waals surface area contributed by atoms with Crippen molar-refractivity contribution in [2.24, 2.45) is 11.0 Å². The van der Waals surface area contributed by atoms with E-state index in [0.29, 0.717) is 22.0 Å². The molecule has 2 atom stereocenters. The Morgan fingerprint density at radius 2 is 1.79 bits per heavy atom. The highest BCUT2D eigenvalue weighted by molar-refractivity contribution is 6.49. The predicted molar refractivity (Wildman–Crippen MR) is 108 cm³/mol. The van der Waals surface area contributed by atoms with Crippen LogP contribution in [0, 0.1) is 19.8 Å². The molecule has 6 nitrogen and oxygen atoms in total. The highest BCUT2D eigenvalue weighted by Crippen LogP contribution is 2.39. The lowest BCUT2D eigenvalue weighted by atomic mass is 9.95. The van der Waals surface area contributed by atoms with Crippen molar-refractivity contribution in [3.8, 4) is 0 Å². The van der Waals surface area contributed by atoms with Gasteiger partial charge in [0.2, 0.25) is 5.91 Å². The van der Waals surface area contributed by atoms with Gasteiger partial charge < -0.3 is 0 Å². The Morgan fingerprint density at radius 1 is 1.07 bits per heavy atom. The van der Waals surface area contributed by atoms with Crippen LogP contribution in [0.5, 0.6) is 0 Å². The highest BCUT2D eigenvalue weighted by atomic mass is 35.5. The van der Waals surface area contributed by atoms with Gasteiger partial charge in [-0.1, -0.05) is 29.8 Å². The van der Waals surface area contributed by atoms with E-state index in [1.54, 1.807) is 25.1 Å². The summed E-state index contributed by atoms with van der Waals surface area (Å²) in [5.74, 6) is -2.12. The molecule has 2 amide bonds. The van der Waals surface area contributed by atoms with Gasteiger partial charge in [-0.05, 0) is 49.2 Å². The molecule has 28 heavy (non-hydrogen) atoms. The molecule has 2 aliphatic heterocycles. The number of anilines is 2. The number of amides is 2. The molecule has 142 valence electrons. The van der Waals surface area contributed by atoms with Gasteiger partial charge in [0.15, 0.2) is 5.78 Å². The normalized spacial score (nSPS) is 21.2. The van der Waals surface area contributed by atoms with Crippen molar-refractivity contribution in [1.82, 2.24) is 0 Å². The summed E-state index contributed by atoms with van der Waals surface area (Å²) in [6.07, 6.45) is 0. The second-order valence-corrected chi connectivity index (χ2v) is 7.45. The fraction of sp³-hybridized carbons (Fsp3) is 0.238. The molecule has 2 heterocycles. The van der Waals surface area contributed by atoms with Crippen LogP contribution in [-0.4, -0.2) is 29.4 Å². The van der Waals surface area contributed by atoms with Gasteiger partial charge in [0, 0.05) is 11.9 Å². The molecule has 0 radical (unpaired) electrons. The fourth-order valence-corrected chi connectivity index (χ4v) is 3.93. The van der Waals surface area contributed by atoms with Gasteiger partial charge in [0.1, 0.15) is 17.7 Å². The van der Waals surface area contributed by atoms with Crippen molar-refractivity contribution >= 4 is 46.3 Å². The molecule has 0 bridgehead atoms. The van der Waals surface area contributed by atoms with Gasteiger partial charge >= 0.3 is 0 Å². The van der Waals surface area contributed by atoms with Gasteiger partial charge in [-0.3, -0.25) is 19.4 Å². The summed E-state index contributed by atoms with van der Waals surface area (Å²) in [7, 11) is 0. The summed E-state index contributed by atoms with van der Waals surface area (Å²) in [4.78, 5) is 39.9. The van der Waals surface area contributed by atoms with Crippen molar-refractivity contribution in [3.05, 3.63) is 58.6 Å². The second kappa shape index (κ2) is 6.56. The van der Waals surface area contributed by atoms with Crippen molar-refractivity contribution in [3.63, 3.8) is 0 Å². The lowest BCUT2D eigenvalue weighted by Crippen LogP contribution is -2.39. The molecule has 0 saturated carbocycles. The minimum absolute atomic E-state index is 0.104. The van der Waals surface area contributed by atoms with E-state index in [9.17, 15) is 14.4 Å². The number of imide groups is 1. The number of benzene rings is 2. The van der Waals surface area contributed by atoms with Crippen LogP contribution in [0.1, 0.15) is 18.1 Å². The first-order chi connectivity index (χ1) is 13.3. The van der Waals surface area contributed by atoms with E-state index in [2.05, 4.69) is 5.10 Å². The smallest absolute Gasteiger partial charge is 0.259 e. The van der Waals surface area contributed by atoms with E-state index < -0.39 is 23.8 Å². The van der Waals surface area contributed by atoms with Crippen LogP contribution in [-0.2, 0) is 14.4 Å². The van der Waals surface area contributed by atoms with Crippen LogP contribution >= 0.6 is 11.6 Å². The van der Waals surface area contributed by atoms with Crippen LogP contribution in [0.4, 0.5) is 11.4 Å². The lowest BCUT2D eigenvalue weighted by molar-refractivity contribution is -0.122. The number of carbonyl (C=O) groups is 3. The molecule has 2 aromatic carbocycles. The zero-order valence-electron chi connectivity index (χ0n) is 15.6. The number of rotatable bonds is 3. The molecule has 0 N–H and O–H groups in total. The number of aryl methyl sites for hydroxylation is 1. The molecule has 0 aromatic heterocycles. The van der Waals surface area contributed by atoms with Crippen molar-refractivity contribution < 1.29 is 14.4 Å². The molecule has 2 aliphatic rings. The molecule has 7 heteroatoms. The van der Waals surface area contributed by atoms with Crippen molar-refractivity contribution in [1.29, 1.82) is 0 Å². The third-order valence-electron chi connectivity index (χ3n) is 5.16. The summed E-state index contributed by atoms with van der Waals surface area (Å²) in [6, 6.07) is 11.6. The van der Waals surface area contributed by atoms with Crippen molar-refractivity contribution in [2.45, 2.75) is 26.8 Å². The average Bonchev–Trinajstić information content (AvgIpc) is 3.16. The molecule has 4 rings (SSSR count). The topological polar surface area (TPSA) is 70.1 Å². The summed E-state index contributed by atoms with van der Waals surface area (Å²) >= 11 is 6.19. The number of carbonyl (C=O) groups excluding carboxylic acids is 3. The standard InChI is InChI=1S/C21H18ClN3O3/c1-11-6-4-7-14(10-11)25-19-17(18(23-25)13(3)26)20(27)24(21(19)28)16-9-5-8-15(22)12(16)2/h4-10,17,19H,1-3H3. The minimum Gasteiger partial charge on any atom is -0.293 e. The quantitative estimate of drug-likeness (QED) is 0.748. The van der Waals surface area contributed by atoms with E-state index in [4.69, 9.17) is 11.6 Å². The maximum atomic E-state index is 13.3. The third-order valence-corrected chi connectivity index (χ3v) is 5.57. The number of nitrogens with zero attached hydrogens (tertiary/aromatic N) is 3. The highest BCUT2D eigenvalue weighted by Gasteiger charge is 2.58. The van der Waals surface area contributed by atoms with E-state index in [-0.39, 0.29) is 11.5 Å². The number of fused-ring (bicyclic) bond motifs is 1. The molecule has 0 aliphatic carbocycles. The first-order valence-electron chi connectivity index (χ1n) is 8.89. The molecule has 0 spiro atoms. The number of halogens is 1. The Hall–Kier alpha value is -2.99. The number of hydrogen-bond acceptors (Lipinski definition) is 5. The van der Waals surface area contributed by atoms with E-state index >= 15 is 0 Å². The fourth-order valence-electron chi connectivity index (χ4n) is 3.76. The largest absolute Gasteiger partial charge is 0.293 e. The number of hydrazone groups is 1. The lowest BCUT2D eigenvalue weighted by Gasteiger charge is -2.23. The maximum Gasteiger partial charge on any atom is 0.259 e. The summed E-state index contributed by atoms with van der Waals surface area (Å²) in [6.45, 7) is 5.04. The molecule has 2 aromatic rings. The summed E-state index contributed by atoms with van der Waals surface area (Å²) < 4.78 is 0. The Labute approximate surface area is 167 Å². The Kier molecular flexibility index (Phi) is 4.31. The number of Topliss-reactive ketones (excluding diaryl/α,β-unsaturated/α-hetero) is 1. The number of hydrogen-bond donors (Lipinski definition) is 0. The minimum atomic E-state index is -0.927. The molecule has 2 unspecified atom stereocenters. The Bertz CT molecular complexity index is 1060. The van der Waals surface area contributed by atoms with E-state index in [0.717, 1.165) is 10.5 Å². The first kappa shape index (κ1) is 18.4. The summed E-state index contributed by atoms with van der Waals surface area (Å²) in [5.41, 5.74) is 2.82. The molecular weight excluding hydrogens is 378 g/mol. The van der Waals surface area contributed by atoms with Gasteiger partial charge in [0.05, 0.1) is 11.4 Å². The second-order valence-electron chi connectivity index (χ2n) is 7.04. The third kappa shape index (κ3) is 2.64. The van der Waals surface area contributed by atoms with E-state index in [1.807, 2.05) is 31.2 Å². The van der Waals surface area contributed by atoms with Crippen LogP contribution in [0.15, 0.2) is 47.6 Å². The summed E-state index contributed by atoms with van der Waals surface area (Å²) in [5, 5.41) is 6.32. The average molecular weight is 396 g/mol. The number of ketones is 1. The predicted octanol–water partition coefficient (Wildman–Crippen LogP) is 3.28. The monoisotopic (exact) mass is 395 g/mol. The molecule has 1 fully saturated rings.